The van der Waals surface area contributed by atoms with Gasteiger partial charge in [0.1, 0.15) is 4.21 Å². The highest BCUT2D eigenvalue weighted by Crippen LogP contribution is 2.24. The van der Waals surface area contributed by atoms with Crippen LogP contribution in [0, 0.1) is 0 Å². The molecule has 0 aliphatic carbocycles. The second-order valence-corrected chi connectivity index (χ2v) is 9.51. The van der Waals surface area contributed by atoms with E-state index in [1.807, 2.05) is 0 Å². The van der Waals surface area contributed by atoms with Gasteiger partial charge in [0.05, 0.1) is 5.75 Å². The highest BCUT2D eigenvalue weighted by Gasteiger charge is 2.13. The van der Waals surface area contributed by atoms with Gasteiger partial charge < -0.3 is 0 Å². The third-order valence-corrected chi connectivity index (χ3v) is 6.87. The van der Waals surface area contributed by atoms with Crippen molar-refractivity contribution in [1.29, 1.82) is 0 Å². The molecule has 0 saturated carbocycles. The van der Waals surface area contributed by atoms with E-state index >= 15 is 0 Å². The molecule has 1 aromatic heterocycles. The Balaban J connectivity index is 2.53. The van der Waals surface area contributed by atoms with Crippen LogP contribution < -0.4 is 4.72 Å². The van der Waals surface area contributed by atoms with Gasteiger partial charge in [0, 0.05) is 22.1 Å². The maximum atomic E-state index is 11.4. The Morgan fingerprint density at radius 3 is 2.44 bits per heavy atom. The van der Waals surface area contributed by atoms with E-state index in [9.17, 15) is 16.8 Å². The summed E-state index contributed by atoms with van der Waals surface area (Å²) in [4.78, 5) is 0.772. The molecule has 18 heavy (non-hydrogen) atoms. The first-order valence-electron chi connectivity index (χ1n) is 5.25. The summed E-state index contributed by atoms with van der Waals surface area (Å²) >= 11 is 1.05. The van der Waals surface area contributed by atoms with E-state index in [0.717, 1.165) is 16.2 Å². The van der Waals surface area contributed by atoms with E-state index in [4.69, 9.17) is 10.7 Å². The molecule has 0 spiro atoms. The Hall–Kier alpha value is -0.150. The van der Waals surface area contributed by atoms with E-state index in [2.05, 4.69) is 4.72 Å². The van der Waals surface area contributed by atoms with Crippen molar-refractivity contribution in [2.24, 2.45) is 0 Å². The van der Waals surface area contributed by atoms with E-state index in [1.54, 1.807) is 13.0 Å². The van der Waals surface area contributed by atoms with Gasteiger partial charge in [-0.25, -0.2) is 21.6 Å². The van der Waals surface area contributed by atoms with Crippen LogP contribution in [-0.2, 0) is 25.5 Å². The first-order chi connectivity index (χ1) is 8.24. The van der Waals surface area contributed by atoms with E-state index < -0.39 is 19.1 Å². The third-order valence-electron chi connectivity index (χ3n) is 2.04. The fraction of sp³-hybridized carbons (Fsp3) is 0.556. The zero-order valence-corrected chi connectivity index (χ0v) is 12.9. The fourth-order valence-electron chi connectivity index (χ4n) is 1.29. The molecule has 1 aromatic rings. The topological polar surface area (TPSA) is 80.3 Å². The van der Waals surface area contributed by atoms with Crippen molar-refractivity contribution in [3.63, 3.8) is 0 Å². The van der Waals surface area contributed by atoms with Crippen LogP contribution in [0.15, 0.2) is 16.3 Å². The van der Waals surface area contributed by atoms with Gasteiger partial charge in [0.25, 0.3) is 9.05 Å². The molecule has 1 heterocycles. The van der Waals surface area contributed by atoms with E-state index in [1.165, 1.54) is 6.07 Å². The van der Waals surface area contributed by atoms with Crippen LogP contribution in [0.4, 0.5) is 0 Å². The molecule has 0 unspecified atom stereocenters. The van der Waals surface area contributed by atoms with Crippen LogP contribution in [0.25, 0.3) is 0 Å². The first-order valence-corrected chi connectivity index (χ1v) is 10.0. The van der Waals surface area contributed by atoms with Gasteiger partial charge in [-0.1, -0.05) is 6.92 Å². The summed E-state index contributed by atoms with van der Waals surface area (Å²) in [6.07, 6.45) is 1.00. The highest BCUT2D eigenvalue weighted by atomic mass is 35.7. The minimum atomic E-state index is -3.69. The molecule has 0 aliphatic heterocycles. The Kier molecular flexibility index (Phi) is 5.60. The molecule has 5 nitrogen and oxygen atoms in total. The van der Waals surface area contributed by atoms with Crippen molar-refractivity contribution in [2.75, 3.05) is 12.3 Å². The summed E-state index contributed by atoms with van der Waals surface area (Å²) in [6.45, 7) is 2.04. The first kappa shape index (κ1) is 15.9. The Morgan fingerprint density at radius 2 is 1.94 bits per heavy atom. The van der Waals surface area contributed by atoms with Crippen molar-refractivity contribution in [1.82, 2.24) is 4.72 Å². The molecule has 0 atom stereocenters. The molecule has 0 aromatic carbocycles. The fourth-order valence-corrected chi connectivity index (χ4v) is 4.51. The normalized spacial score (nSPS) is 12.8. The SMILES string of the molecule is CCCS(=O)(=O)NCCc1ccc(S(=O)(=O)Cl)s1. The van der Waals surface area contributed by atoms with E-state index in [-0.39, 0.29) is 16.5 Å². The molecular weight excluding hydrogens is 318 g/mol. The summed E-state index contributed by atoms with van der Waals surface area (Å²) < 4.78 is 47.3. The molecule has 9 heteroatoms. The number of sulfonamides is 1. The van der Waals surface area contributed by atoms with Crippen LogP contribution in [0.1, 0.15) is 18.2 Å². The monoisotopic (exact) mass is 331 g/mol. The summed E-state index contributed by atoms with van der Waals surface area (Å²) in [5.41, 5.74) is 0. The highest BCUT2D eigenvalue weighted by molar-refractivity contribution is 8.15. The zero-order valence-electron chi connectivity index (χ0n) is 9.72. The Bertz CT molecular complexity index is 591. The lowest BCUT2D eigenvalue weighted by atomic mass is 10.3. The molecule has 1 N–H and O–H groups in total. The maximum Gasteiger partial charge on any atom is 0.270 e. The van der Waals surface area contributed by atoms with Crippen LogP contribution in [0.3, 0.4) is 0 Å². The Labute approximate surface area is 116 Å². The number of thiophene rings is 1. The Morgan fingerprint density at radius 1 is 1.28 bits per heavy atom. The van der Waals surface area contributed by atoms with Crippen LogP contribution in [0.2, 0.25) is 0 Å². The van der Waals surface area contributed by atoms with Gasteiger partial charge in [-0.15, -0.1) is 11.3 Å². The quantitative estimate of drug-likeness (QED) is 0.769. The standard InChI is InChI=1S/C9H14ClNO4S3/c1-2-7-17(12,13)11-6-5-8-3-4-9(16-8)18(10,14)15/h3-4,11H,2,5-7H2,1H3. The molecule has 0 fully saturated rings. The second kappa shape index (κ2) is 6.33. The molecule has 104 valence electrons. The van der Waals surface area contributed by atoms with Gasteiger partial charge in [-0.05, 0) is 25.0 Å². The number of hydrogen-bond acceptors (Lipinski definition) is 5. The number of rotatable bonds is 7. The molecule has 0 bridgehead atoms. The molecule has 0 amide bonds. The maximum absolute atomic E-state index is 11.4. The predicted molar refractivity (Wildman–Crippen MR) is 73.1 cm³/mol. The smallest absolute Gasteiger partial charge is 0.215 e. The average molecular weight is 332 g/mol. The van der Waals surface area contributed by atoms with Gasteiger partial charge >= 0.3 is 0 Å². The van der Waals surface area contributed by atoms with Gasteiger partial charge in [0.15, 0.2) is 0 Å². The number of halogens is 1. The van der Waals surface area contributed by atoms with Crippen molar-refractivity contribution in [3.8, 4) is 0 Å². The lowest BCUT2D eigenvalue weighted by Crippen LogP contribution is -2.27. The number of hydrogen-bond donors (Lipinski definition) is 1. The molecular formula is C9H14ClNO4S3. The molecule has 1 rings (SSSR count). The largest absolute Gasteiger partial charge is 0.270 e. The van der Waals surface area contributed by atoms with Gasteiger partial charge in [-0.2, -0.15) is 0 Å². The second-order valence-electron chi connectivity index (χ2n) is 3.62. The third kappa shape index (κ3) is 5.23. The van der Waals surface area contributed by atoms with Crippen molar-refractivity contribution >= 4 is 41.1 Å². The minimum Gasteiger partial charge on any atom is -0.215 e. The molecule has 0 aliphatic rings. The van der Waals surface area contributed by atoms with Crippen molar-refractivity contribution in [3.05, 3.63) is 17.0 Å². The molecule has 0 radical (unpaired) electrons. The number of nitrogens with one attached hydrogen (secondary N) is 1. The van der Waals surface area contributed by atoms with E-state index in [0.29, 0.717) is 12.8 Å². The average Bonchev–Trinajstić information content (AvgIpc) is 2.65. The van der Waals surface area contributed by atoms with Crippen molar-refractivity contribution in [2.45, 2.75) is 24.0 Å². The summed E-state index contributed by atoms with van der Waals surface area (Å²) in [6, 6.07) is 3.05. The summed E-state index contributed by atoms with van der Waals surface area (Å²) in [5, 5.41) is 0. The molecule has 0 saturated heterocycles. The van der Waals surface area contributed by atoms with Crippen LogP contribution in [0.5, 0.6) is 0 Å². The lowest BCUT2D eigenvalue weighted by Gasteiger charge is -2.03. The summed E-state index contributed by atoms with van der Waals surface area (Å²) in [5.74, 6) is 0.0960. The van der Waals surface area contributed by atoms with Gasteiger partial charge in [0.2, 0.25) is 10.0 Å². The zero-order chi connectivity index (χ0) is 13.8. The minimum absolute atomic E-state index is 0.0792. The van der Waals surface area contributed by atoms with Crippen molar-refractivity contribution < 1.29 is 16.8 Å². The summed E-state index contributed by atoms with van der Waals surface area (Å²) in [7, 11) is -1.71. The van der Waals surface area contributed by atoms with Crippen LogP contribution >= 0.6 is 22.0 Å². The van der Waals surface area contributed by atoms with Crippen LogP contribution in [-0.4, -0.2) is 29.1 Å². The van der Waals surface area contributed by atoms with Gasteiger partial charge in [-0.3, -0.25) is 0 Å². The lowest BCUT2D eigenvalue weighted by molar-refractivity contribution is 0.580. The predicted octanol–water partition coefficient (Wildman–Crippen LogP) is 1.55.